The Hall–Kier alpha value is -2.07. The highest BCUT2D eigenvalue weighted by atomic mass is 35.5. The van der Waals surface area contributed by atoms with Crippen molar-refractivity contribution in [2.75, 3.05) is 23.7 Å². The van der Waals surface area contributed by atoms with Gasteiger partial charge in [0.05, 0.1) is 17.0 Å². The Labute approximate surface area is 207 Å². The van der Waals surface area contributed by atoms with Crippen LogP contribution in [-0.2, 0) is 26.2 Å². The normalized spacial score (nSPS) is 12.2. The molecule has 0 aliphatic carbocycles. The van der Waals surface area contributed by atoms with Crippen LogP contribution in [0.5, 0.6) is 0 Å². The van der Waals surface area contributed by atoms with Crippen molar-refractivity contribution in [1.82, 2.24) is 10.2 Å². The Bertz CT molecular complexity index is 1130. The molecule has 0 bridgehead atoms. The molecular formula is C21H23Cl3FN3O4S. The van der Waals surface area contributed by atoms with Gasteiger partial charge in [-0.2, -0.15) is 0 Å². The number of rotatable bonds is 9. The molecule has 1 N–H and O–H groups in total. The molecule has 0 spiro atoms. The highest BCUT2D eigenvalue weighted by molar-refractivity contribution is 7.92. The minimum Gasteiger partial charge on any atom is -0.355 e. The summed E-state index contributed by atoms with van der Waals surface area (Å²) in [5.41, 5.74) is 0.403. The van der Waals surface area contributed by atoms with Gasteiger partial charge >= 0.3 is 0 Å². The molecule has 0 unspecified atom stereocenters. The first-order valence-electron chi connectivity index (χ1n) is 9.79. The molecule has 7 nitrogen and oxygen atoms in total. The van der Waals surface area contributed by atoms with Gasteiger partial charge in [-0.15, -0.1) is 0 Å². The molecule has 0 aliphatic heterocycles. The van der Waals surface area contributed by atoms with Crippen LogP contribution >= 0.6 is 34.8 Å². The molecule has 0 saturated carbocycles. The zero-order chi connectivity index (χ0) is 24.9. The monoisotopic (exact) mass is 537 g/mol. The first-order valence-corrected chi connectivity index (χ1v) is 12.8. The Morgan fingerprint density at radius 2 is 1.70 bits per heavy atom. The number of likely N-dealkylation sites (N-methyl/N-ethyl adjacent to an activating group) is 1. The lowest BCUT2D eigenvalue weighted by Crippen LogP contribution is -2.51. The summed E-state index contributed by atoms with van der Waals surface area (Å²) < 4.78 is 39.3. The van der Waals surface area contributed by atoms with Gasteiger partial charge in [0.2, 0.25) is 21.8 Å². The number of hydrogen-bond acceptors (Lipinski definition) is 4. The standard InChI is InChI=1S/C21H23Cl3FN3O4S/c1-4-26-21(30)13(2)27(11-15-16(22)6-5-7-17(15)23)20(29)12-28(33(3,31)32)14-8-9-19(25)18(24)10-14/h5-10,13H,4,11-12H2,1-3H3,(H,26,30)/t13-/m1/s1. The van der Waals surface area contributed by atoms with Gasteiger partial charge in [0.1, 0.15) is 18.4 Å². The molecule has 2 rings (SSSR count). The second-order valence-corrected chi connectivity index (χ2v) is 10.3. The number of halogens is 4. The lowest BCUT2D eigenvalue weighted by atomic mass is 10.1. The van der Waals surface area contributed by atoms with Crippen molar-refractivity contribution in [1.29, 1.82) is 0 Å². The summed E-state index contributed by atoms with van der Waals surface area (Å²) in [5.74, 6) is -1.87. The third-order valence-electron chi connectivity index (χ3n) is 4.78. The van der Waals surface area contributed by atoms with E-state index in [9.17, 15) is 22.4 Å². The van der Waals surface area contributed by atoms with E-state index >= 15 is 0 Å². The molecule has 33 heavy (non-hydrogen) atoms. The third kappa shape index (κ3) is 6.96. The predicted octanol–water partition coefficient (Wildman–Crippen LogP) is 4.11. The van der Waals surface area contributed by atoms with Gasteiger partial charge in [-0.25, -0.2) is 12.8 Å². The van der Waals surface area contributed by atoms with Crippen molar-refractivity contribution < 1.29 is 22.4 Å². The molecule has 0 heterocycles. The maximum atomic E-state index is 13.6. The zero-order valence-electron chi connectivity index (χ0n) is 18.1. The second kappa shape index (κ2) is 11.4. The van der Waals surface area contributed by atoms with Gasteiger partial charge < -0.3 is 10.2 Å². The molecule has 2 aromatic carbocycles. The molecule has 2 amide bonds. The Kier molecular flexibility index (Phi) is 9.37. The summed E-state index contributed by atoms with van der Waals surface area (Å²) in [7, 11) is -3.97. The number of nitrogens with zero attached hydrogens (tertiary/aromatic N) is 2. The average Bonchev–Trinajstić information content (AvgIpc) is 2.72. The van der Waals surface area contributed by atoms with Crippen molar-refractivity contribution in [3.8, 4) is 0 Å². The smallest absolute Gasteiger partial charge is 0.244 e. The number of carbonyl (C=O) groups is 2. The van der Waals surface area contributed by atoms with E-state index in [-0.39, 0.29) is 27.3 Å². The molecule has 12 heteroatoms. The molecular weight excluding hydrogens is 516 g/mol. The van der Waals surface area contributed by atoms with Crippen molar-refractivity contribution in [2.24, 2.45) is 0 Å². The highest BCUT2D eigenvalue weighted by Gasteiger charge is 2.31. The molecule has 0 aromatic heterocycles. The van der Waals surface area contributed by atoms with Crippen LogP contribution in [0.1, 0.15) is 19.4 Å². The fourth-order valence-corrected chi connectivity index (χ4v) is 4.55. The summed E-state index contributed by atoms with van der Waals surface area (Å²) in [5, 5.41) is 2.90. The number of nitrogens with one attached hydrogen (secondary N) is 1. The Morgan fingerprint density at radius 1 is 1.09 bits per heavy atom. The first kappa shape index (κ1) is 27.2. The van der Waals surface area contributed by atoms with Crippen molar-refractivity contribution in [2.45, 2.75) is 26.4 Å². The average molecular weight is 539 g/mol. The van der Waals surface area contributed by atoms with Crippen LogP contribution in [0.4, 0.5) is 10.1 Å². The zero-order valence-corrected chi connectivity index (χ0v) is 21.2. The number of benzene rings is 2. The van der Waals surface area contributed by atoms with E-state index < -0.39 is 40.2 Å². The van der Waals surface area contributed by atoms with Crippen molar-refractivity contribution >= 4 is 62.3 Å². The minimum absolute atomic E-state index is 0.00126. The fourth-order valence-electron chi connectivity index (χ4n) is 3.01. The summed E-state index contributed by atoms with van der Waals surface area (Å²) >= 11 is 18.3. The largest absolute Gasteiger partial charge is 0.355 e. The lowest BCUT2D eigenvalue weighted by molar-refractivity contribution is -0.139. The quantitative estimate of drug-likeness (QED) is 0.521. The maximum absolute atomic E-state index is 13.6. The molecule has 0 fully saturated rings. The van der Waals surface area contributed by atoms with Crippen molar-refractivity contribution in [3.05, 3.63) is 62.8 Å². The molecule has 2 aromatic rings. The highest BCUT2D eigenvalue weighted by Crippen LogP contribution is 2.28. The topological polar surface area (TPSA) is 86.8 Å². The molecule has 0 saturated heterocycles. The summed E-state index contributed by atoms with van der Waals surface area (Å²) in [4.78, 5) is 27.1. The van der Waals surface area contributed by atoms with Crippen LogP contribution < -0.4 is 9.62 Å². The molecule has 0 aliphatic rings. The van der Waals surface area contributed by atoms with Crippen LogP contribution in [0.3, 0.4) is 0 Å². The molecule has 1 atom stereocenters. The van der Waals surface area contributed by atoms with Crippen LogP contribution in [0.25, 0.3) is 0 Å². The summed E-state index contributed by atoms with van der Waals surface area (Å²) in [6.45, 7) is 2.77. The van der Waals surface area contributed by atoms with Gasteiger partial charge in [-0.1, -0.05) is 40.9 Å². The second-order valence-electron chi connectivity index (χ2n) is 7.16. The fraction of sp³-hybridized carbons (Fsp3) is 0.333. The summed E-state index contributed by atoms with van der Waals surface area (Å²) in [6.07, 6.45) is 0.903. The number of sulfonamides is 1. The molecule has 0 radical (unpaired) electrons. The van der Waals surface area contributed by atoms with E-state index in [0.717, 1.165) is 22.7 Å². The van der Waals surface area contributed by atoms with Crippen LogP contribution in [0.2, 0.25) is 15.1 Å². The summed E-state index contributed by atoms with van der Waals surface area (Å²) in [6, 6.07) is 7.14. The van der Waals surface area contributed by atoms with E-state index in [2.05, 4.69) is 5.32 Å². The molecule has 180 valence electrons. The Morgan fingerprint density at radius 3 is 2.21 bits per heavy atom. The van der Waals surface area contributed by atoms with E-state index in [1.165, 1.54) is 17.9 Å². The maximum Gasteiger partial charge on any atom is 0.244 e. The van der Waals surface area contributed by atoms with Crippen LogP contribution in [0.15, 0.2) is 36.4 Å². The third-order valence-corrected chi connectivity index (χ3v) is 6.92. The van der Waals surface area contributed by atoms with E-state index in [0.29, 0.717) is 12.1 Å². The van der Waals surface area contributed by atoms with Gasteiger partial charge in [0.25, 0.3) is 0 Å². The van der Waals surface area contributed by atoms with Gasteiger partial charge in [0, 0.05) is 28.7 Å². The van der Waals surface area contributed by atoms with E-state index in [4.69, 9.17) is 34.8 Å². The minimum atomic E-state index is -3.97. The number of hydrogen-bond donors (Lipinski definition) is 1. The van der Waals surface area contributed by atoms with E-state index in [1.807, 2.05) is 0 Å². The number of amides is 2. The van der Waals surface area contributed by atoms with Crippen molar-refractivity contribution in [3.63, 3.8) is 0 Å². The predicted molar refractivity (Wildman–Crippen MR) is 129 cm³/mol. The van der Waals surface area contributed by atoms with Gasteiger partial charge in [-0.3, -0.25) is 13.9 Å². The number of anilines is 1. The van der Waals surface area contributed by atoms with E-state index in [1.54, 1.807) is 25.1 Å². The SMILES string of the molecule is CCNC(=O)[C@@H](C)N(Cc1c(Cl)cccc1Cl)C(=O)CN(c1ccc(F)c(Cl)c1)S(C)(=O)=O. The first-order chi connectivity index (χ1) is 15.4. The number of carbonyl (C=O) groups excluding carboxylic acids is 2. The van der Waals surface area contributed by atoms with Crippen LogP contribution in [0, 0.1) is 5.82 Å². The van der Waals surface area contributed by atoms with Gasteiger partial charge in [0.15, 0.2) is 0 Å². The lowest BCUT2D eigenvalue weighted by Gasteiger charge is -2.31. The van der Waals surface area contributed by atoms with Crippen LogP contribution in [-0.4, -0.2) is 50.5 Å². The Balaban J connectivity index is 2.46. The van der Waals surface area contributed by atoms with Gasteiger partial charge in [-0.05, 0) is 44.2 Å².